The number of aryl methyl sites for hydroxylation is 1. The molecule has 0 amide bonds. The Morgan fingerprint density at radius 2 is 2.18 bits per heavy atom. The zero-order valence-electron chi connectivity index (χ0n) is 10.2. The second-order valence-electron chi connectivity index (χ2n) is 3.77. The number of ether oxygens (including phenoxy) is 2. The van der Waals surface area contributed by atoms with Gasteiger partial charge < -0.3 is 9.47 Å². The first-order chi connectivity index (χ1) is 8.13. The van der Waals surface area contributed by atoms with Gasteiger partial charge in [0.25, 0.3) is 0 Å². The topological polar surface area (TPSA) is 35.5 Å². The van der Waals surface area contributed by atoms with E-state index < -0.39 is 5.97 Å². The largest absolute Gasteiger partial charge is 0.482 e. The molecule has 17 heavy (non-hydrogen) atoms. The molecule has 0 saturated carbocycles. The lowest BCUT2D eigenvalue weighted by molar-refractivity contribution is -0.146. The number of unbranched alkanes of at least 4 members (excludes halogenated alkanes) is 1. The van der Waals surface area contributed by atoms with Crippen LogP contribution in [0.1, 0.15) is 25.3 Å². The third-order valence-corrected chi connectivity index (χ3v) is 2.26. The van der Waals surface area contributed by atoms with E-state index in [1.165, 1.54) is 12.1 Å². The fraction of sp³-hybridized carbons (Fsp3) is 0.462. The minimum atomic E-state index is -0.429. The highest BCUT2D eigenvalue weighted by Gasteiger charge is 2.06. The molecule has 0 fully saturated rings. The van der Waals surface area contributed by atoms with Gasteiger partial charge in [0, 0.05) is 6.07 Å². The first-order valence-electron chi connectivity index (χ1n) is 5.68. The van der Waals surface area contributed by atoms with Gasteiger partial charge in [0.1, 0.15) is 11.6 Å². The summed E-state index contributed by atoms with van der Waals surface area (Å²) in [6, 6.07) is 4.21. The van der Waals surface area contributed by atoms with Gasteiger partial charge in [-0.15, -0.1) is 0 Å². The van der Waals surface area contributed by atoms with Crippen molar-refractivity contribution in [1.82, 2.24) is 0 Å². The van der Waals surface area contributed by atoms with Crippen molar-refractivity contribution in [3.05, 3.63) is 29.6 Å². The molecule has 1 aromatic rings. The maximum Gasteiger partial charge on any atom is 0.344 e. The minimum absolute atomic E-state index is 0.187. The molecule has 0 heterocycles. The number of carbonyl (C=O) groups excluding carboxylic acids is 1. The van der Waals surface area contributed by atoms with Crippen LogP contribution in [0, 0.1) is 12.7 Å². The van der Waals surface area contributed by atoms with Crippen LogP contribution in [-0.2, 0) is 9.53 Å². The molecule has 4 heteroatoms. The van der Waals surface area contributed by atoms with Crippen molar-refractivity contribution in [3.63, 3.8) is 0 Å². The predicted molar refractivity (Wildman–Crippen MR) is 62.5 cm³/mol. The van der Waals surface area contributed by atoms with E-state index in [4.69, 9.17) is 9.47 Å². The third kappa shape index (κ3) is 4.85. The average molecular weight is 240 g/mol. The summed E-state index contributed by atoms with van der Waals surface area (Å²) in [6.07, 6.45) is 1.81. The number of carbonyl (C=O) groups is 1. The Hall–Kier alpha value is -1.58. The van der Waals surface area contributed by atoms with Gasteiger partial charge in [0.15, 0.2) is 6.61 Å². The molecule has 0 aliphatic rings. The molecule has 94 valence electrons. The Morgan fingerprint density at radius 3 is 2.88 bits per heavy atom. The quantitative estimate of drug-likeness (QED) is 0.566. The standard InChI is InChI=1S/C13H17FO3/c1-3-4-7-16-13(15)9-17-12-8-11(14)6-5-10(12)2/h5-6,8H,3-4,7,9H2,1-2H3. The first kappa shape index (κ1) is 13.5. The number of esters is 1. The average Bonchev–Trinajstić information content (AvgIpc) is 2.31. The van der Waals surface area contributed by atoms with Crippen LogP contribution in [0.5, 0.6) is 5.75 Å². The Kier molecular flexibility index (Phi) is 5.46. The maximum absolute atomic E-state index is 12.9. The molecule has 0 aliphatic heterocycles. The van der Waals surface area contributed by atoms with Gasteiger partial charge in [0.2, 0.25) is 0 Å². The maximum atomic E-state index is 12.9. The molecule has 0 aliphatic carbocycles. The molecular formula is C13H17FO3. The number of hydrogen-bond acceptors (Lipinski definition) is 3. The summed E-state index contributed by atoms with van der Waals surface area (Å²) >= 11 is 0. The summed E-state index contributed by atoms with van der Waals surface area (Å²) < 4.78 is 23.0. The van der Waals surface area contributed by atoms with Crippen LogP contribution >= 0.6 is 0 Å². The zero-order chi connectivity index (χ0) is 12.7. The van der Waals surface area contributed by atoms with E-state index in [1.807, 2.05) is 6.92 Å². The normalized spacial score (nSPS) is 10.1. The molecule has 0 radical (unpaired) electrons. The highest BCUT2D eigenvalue weighted by molar-refractivity contribution is 5.71. The minimum Gasteiger partial charge on any atom is -0.482 e. The number of hydrogen-bond donors (Lipinski definition) is 0. The van der Waals surface area contributed by atoms with Crippen LogP contribution in [0.15, 0.2) is 18.2 Å². The van der Waals surface area contributed by atoms with Crippen LogP contribution in [0.3, 0.4) is 0 Å². The van der Waals surface area contributed by atoms with E-state index in [2.05, 4.69) is 0 Å². The lowest BCUT2D eigenvalue weighted by Gasteiger charge is -2.08. The van der Waals surface area contributed by atoms with Crippen LogP contribution in [-0.4, -0.2) is 19.2 Å². The Morgan fingerprint density at radius 1 is 1.41 bits per heavy atom. The zero-order valence-corrected chi connectivity index (χ0v) is 10.2. The lowest BCUT2D eigenvalue weighted by atomic mass is 10.2. The van der Waals surface area contributed by atoms with Gasteiger partial charge in [-0.05, 0) is 25.0 Å². The summed E-state index contributed by atoms with van der Waals surface area (Å²) in [5.41, 5.74) is 0.785. The summed E-state index contributed by atoms with van der Waals surface area (Å²) in [5, 5.41) is 0. The van der Waals surface area contributed by atoms with Gasteiger partial charge >= 0.3 is 5.97 Å². The van der Waals surface area contributed by atoms with Crippen LogP contribution < -0.4 is 4.74 Å². The molecule has 0 atom stereocenters. The van der Waals surface area contributed by atoms with Gasteiger partial charge in [-0.3, -0.25) is 0 Å². The molecule has 1 aromatic carbocycles. The molecule has 0 N–H and O–H groups in total. The summed E-state index contributed by atoms with van der Waals surface area (Å²) in [7, 11) is 0. The van der Waals surface area contributed by atoms with Crippen LogP contribution in [0.25, 0.3) is 0 Å². The number of benzene rings is 1. The Bertz CT molecular complexity index is 377. The van der Waals surface area contributed by atoms with E-state index in [1.54, 1.807) is 13.0 Å². The molecule has 1 rings (SSSR count). The van der Waals surface area contributed by atoms with Crippen molar-refractivity contribution in [2.45, 2.75) is 26.7 Å². The van der Waals surface area contributed by atoms with Crippen molar-refractivity contribution in [1.29, 1.82) is 0 Å². The highest BCUT2D eigenvalue weighted by atomic mass is 19.1. The van der Waals surface area contributed by atoms with Crippen LogP contribution in [0.2, 0.25) is 0 Å². The lowest BCUT2D eigenvalue weighted by Crippen LogP contribution is -2.15. The summed E-state index contributed by atoms with van der Waals surface area (Å²) in [4.78, 5) is 11.2. The van der Waals surface area contributed by atoms with E-state index in [0.29, 0.717) is 12.4 Å². The van der Waals surface area contributed by atoms with Crippen molar-refractivity contribution < 1.29 is 18.7 Å². The number of halogens is 1. The van der Waals surface area contributed by atoms with E-state index in [9.17, 15) is 9.18 Å². The summed E-state index contributed by atoms with van der Waals surface area (Å²) in [6.45, 7) is 4.02. The fourth-order valence-electron chi connectivity index (χ4n) is 1.24. The smallest absolute Gasteiger partial charge is 0.344 e. The van der Waals surface area contributed by atoms with E-state index in [-0.39, 0.29) is 12.4 Å². The van der Waals surface area contributed by atoms with Gasteiger partial charge in [0.05, 0.1) is 6.61 Å². The van der Waals surface area contributed by atoms with E-state index in [0.717, 1.165) is 18.4 Å². The second kappa shape index (κ2) is 6.89. The monoisotopic (exact) mass is 240 g/mol. The van der Waals surface area contributed by atoms with Gasteiger partial charge in [-0.25, -0.2) is 9.18 Å². The highest BCUT2D eigenvalue weighted by Crippen LogP contribution is 2.18. The predicted octanol–water partition coefficient (Wildman–Crippen LogP) is 2.86. The number of rotatable bonds is 6. The first-order valence-corrected chi connectivity index (χ1v) is 5.68. The van der Waals surface area contributed by atoms with Crippen molar-refractivity contribution in [2.24, 2.45) is 0 Å². The summed E-state index contributed by atoms with van der Waals surface area (Å²) in [5.74, 6) is -0.440. The van der Waals surface area contributed by atoms with E-state index >= 15 is 0 Å². The van der Waals surface area contributed by atoms with Crippen molar-refractivity contribution in [3.8, 4) is 5.75 Å². The molecule has 0 aromatic heterocycles. The Labute approximate surface area is 101 Å². The molecule has 0 unspecified atom stereocenters. The third-order valence-electron chi connectivity index (χ3n) is 2.26. The molecular weight excluding hydrogens is 223 g/mol. The van der Waals surface area contributed by atoms with Crippen molar-refractivity contribution >= 4 is 5.97 Å². The second-order valence-corrected chi connectivity index (χ2v) is 3.77. The molecule has 0 spiro atoms. The fourth-order valence-corrected chi connectivity index (χ4v) is 1.24. The van der Waals surface area contributed by atoms with Gasteiger partial charge in [-0.1, -0.05) is 19.4 Å². The van der Waals surface area contributed by atoms with Crippen molar-refractivity contribution in [2.75, 3.05) is 13.2 Å². The van der Waals surface area contributed by atoms with Crippen LogP contribution in [0.4, 0.5) is 4.39 Å². The SMILES string of the molecule is CCCCOC(=O)COc1cc(F)ccc1C. The van der Waals surface area contributed by atoms with Gasteiger partial charge in [-0.2, -0.15) is 0 Å². The Balaban J connectivity index is 2.39. The molecule has 0 saturated heterocycles. The molecule has 0 bridgehead atoms. The molecule has 3 nitrogen and oxygen atoms in total.